The lowest BCUT2D eigenvalue weighted by atomic mass is 9.99. The minimum atomic E-state index is -2.81. The first-order chi connectivity index (χ1) is 6.67. The van der Waals surface area contributed by atoms with Crippen LogP contribution >= 0.6 is 66.5 Å². The highest BCUT2D eigenvalue weighted by molar-refractivity contribution is 7.68. The van der Waals surface area contributed by atoms with Crippen molar-refractivity contribution in [2.24, 2.45) is 5.92 Å². The normalized spacial score (nSPS) is 41.2. The van der Waals surface area contributed by atoms with Crippen LogP contribution in [0.5, 0.6) is 0 Å². The molecule has 0 aromatic rings. The molecule has 0 saturated heterocycles. The molecule has 2 aliphatic rings. The van der Waals surface area contributed by atoms with Gasteiger partial charge in [-0.25, -0.2) is 0 Å². The molecule has 0 aliphatic heterocycles. The van der Waals surface area contributed by atoms with Gasteiger partial charge in [-0.15, -0.1) is 66.5 Å². The topological polar surface area (TPSA) is 0 Å². The van der Waals surface area contributed by atoms with Gasteiger partial charge in [0.25, 0.3) is 0 Å². The summed E-state index contributed by atoms with van der Waals surface area (Å²) in [5.41, 5.74) is 0.0490. The van der Waals surface area contributed by atoms with Crippen LogP contribution in [0.1, 0.15) is 25.7 Å². The zero-order valence-electron chi connectivity index (χ0n) is 7.75. The standard InChI is InChI=1S/C7H10Cl6Si2/c8-14(9,10)6-3-5-1-2-7(6,4-5)15(11,12)13/h5-6H,1-4H2. The largest absolute Gasteiger partial charge is 0.347 e. The SMILES string of the molecule is Cl[Si](Cl)(Cl)C1CC2CCC1([Si](Cl)(Cl)Cl)C2. The Morgan fingerprint density at radius 3 is 1.93 bits per heavy atom. The zero-order valence-corrected chi connectivity index (χ0v) is 14.3. The molecule has 88 valence electrons. The molecule has 0 N–H and O–H groups in total. The lowest BCUT2D eigenvalue weighted by Crippen LogP contribution is -2.40. The second kappa shape index (κ2) is 4.09. The maximum atomic E-state index is 6.24. The maximum absolute atomic E-state index is 6.24. The van der Waals surface area contributed by atoms with Crippen LogP contribution in [0.25, 0.3) is 0 Å². The van der Waals surface area contributed by atoms with Crippen LogP contribution in [0, 0.1) is 5.92 Å². The summed E-state index contributed by atoms with van der Waals surface area (Å²) in [6.45, 7) is 0. The quantitative estimate of drug-likeness (QED) is 0.442. The molecule has 2 rings (SSSR count). The molecule has 2 aliphatic carbocycles. The van der Waals surface area contributed by atoms with Gasteiger partial charge in [0, 0.05) is 10.6 Å². The van der Waals surface area contributed by atoms with E-state index in [9.17, 15) is 0 Å². The number of halogens is 6. The van der Waals surface area contributed by atoms with E-state index in [4.69, 9.17) is 66.5 Å². The van der Waals surface area contributed by atoms with Crippen molar-refractivity contribution in [2.75, 3.05) is 0 Å². The van der Waals surface area contributed by atoms with Crippen LogP contribution in [0.4, 0.5) is 0 Å². The minimum absolute atomic E-state index is 0.0490. The van der Waals surface area contributed by atoms with E-state index >= 15 is 0 Å². The molecule has 0 aromatic carbocycles. The summed E-state index contributed by atoms with van der Waals surface area (Å²) in [6, 6.07) is -5.57. The fourth-order valence-electron chi connectivity index (χ4n) is 3.16. The average Bonchev–Trinajstić information content (AvgIpc) is 2.57. The molecule has 0 aromatic heterocycles. The fourth-order valence-corrected chi connectivity index (χ4v) is 14.5. The third-order valence-corrected chi connectivity index (χ3v) is 13.4. The first-order valence-electron chi connectivity index (χ1n) is 4.80. The van der Waals surface area contributed by atoms with Crippen molar-refractivity contribution in [3.63, 3.8) is 0 Å². The first-order valence-corrected chi connectivity index (χ1v) is 14.9. The highest BCUT2D eigenvalue weighted by atomic mass is 35.8. The fraction of sp³-hybridized carbons (Fsp3) is 1.00. The summed E-state index contributed by atoms with van der Waals surface area (Å²) in [5, 5.41) is -0.250. The van der Waals surface area contributed by atoms with Gasteiger partial charge < -0.3 is 0 Å². The smallest absolute Gasteiger partial charge is 0.126 e. The van der Waals surface area contributed by atoms with E-state index in [0.717, 1.165) is 25.7 Å². The lowest BCUT2D eigenvalue weighted by Gasteiger charge is -2.41. The molecule has 3 atom stereocenters. The lowest BCUT2D eigenvalue weighted by molar-refractivity contribution is 0.484. The Bertz CT molecular complexity index is 272. The van der Waals surface area contributed by atoms with E-state index in [-0.39, 0.29) is 10.6 Å². The van der Waals surface area contributed by atoms with Crippen molar-refractivity contribution < 1.29 is 0 Å². The zero-order chi connectivity index (χ0) is 11.5. The van der Waals surface area contributed by atoms with Crippen LogP contribution in [0.3, 0.4) is 0 Å². The molecular weight excluding hydrogens is 353 g/mol. The van der Waals surface area contributed by atoms with Crippen molar-refractivity contribution in [1.82, 2.24) is 0 Å². The van der Waals surface area contributed by atoms with Crippen LogP contribution in [-0.4, -0.2) is 12.0 Å². The summed E-state index contributed by atoms with van der Waals surface area (Å²) in [5.74, 6) is 0.612. The van der Waals surface area contributed by atoms with E-state index in [0.29, 0.717) is 5.92 Å². The molecular formula is C7H10Cl6Si2. The Labute approximate surface area is 120 Å². The summed E-state index contributed by atoms with van der Waals surface area (Å²) in [7, 11) is 0. The summed E-state index contributed by atoms with van der Waals surface area (Å²) >= 11 is 37.2. The van der Waals surface area contributed by atoms with Gasteiger partial charge in [0.1, 0.15) is 0 Å². The van der Waals surface area contributed by atoms with Crippen LogP contribution < -0.4 is 0 Å². The molecule has 0 radical (unpaired) electrons. The van der Waals surface area contributed by atoms with Crippen LogP contribution in [0.15, 0.2) is 0 Å². The Morgan fingerprint density at radius 2 is 1.60 bits per heavy atom. The Kier molecular flexibility index (Phi) is 3.71. The highest BCUT2D eigenvalue weighted by Gasteiger charge is 2.68. The van der Waals surface area contributed by atoms with Gasteiger partial charge in [-0.2, -0.15) is 0 Å². The summed E-state index contributed by atoms with van der Waals surface area (Å²) in [6.07, 6.45) is 3.98. The number of hydrogen-bond donors (Lipinski definition) is 0. The van der Waals surface area contributed by atoms with Crippen molar-refractivity contribution in [3.8, 4) is 0 Å². The Hall–Kier alpha value is 2.17. The number of hydrogen-bond acceptors (Lipinski definition) is 0. The van der Waals surface area contributed by atoms with Crippen molar-refractivity contribution in [3.05, 3.63) is 0 Å². The van der Waals surface area contributed by atoms with Gasteiger partial charge in [-0.05, 0) is 25.2 Å². The van der Waals surface area contributed by atoms with Gasteiger partial charge in [-0.3, -0.25) is 0 Å². The van der Waals surface area contributed by atoms with Gasteiger partial charge >= 0.3 is 12.0 Å². The van der Waals surface area contributed by atoms with E-state index < -0.39 is 12.0 Å². The second-order valence-corrected chi connectivity index (χ2v) is 22.3. The van der Waals surface area contributed by atoms with Crippen LogP contribution in [-0.2, 0) is 0 Å². The third kappa shape index (κ3) is 2.23. The van der Waals surface area contributed by atoms with Gasteiger partial charge in [-0.1, -0.05) is 6.42 Å². The Morgan fingerprint density at radius 1 is 1.00 bits per heavy atom. The van der Waals surface area contributed by atoms with E-state index in [1.165, 1.54) is 0 Å². The number of rotatable bonds is 2. The maximum Gasteiger partial charge on any atom is 0.347 e. The molecule has 2 saturated carbocycles. The predicted molar refractivity (Wildman–Crippen MR) is 75.0 cm³/mol. The summed E-state index contributed by atoms with van der Waals surface area (Å²) in [4.78, 5) is 0. The molecule has 15 heavy (non-hydrogen) atoms. The molecule has 2 bridgehead atoms. The van der Waals surface area contributed by atoms with E-state index in [1.807, 2.05) is 0 Å². The minimum Gasteiger partial charge on any atom is -0.126 e. The molecule has 3 unspecified atom stereocenters. The van der Waals surface area contributed by atoms with Crippen molar-refractivity contribution in [2.45, 2.75) is 36.3 Å². The Balaban J connectivity index is 2.36. The molecule has 0 nitrogen and oxygen atoms in total. The second-order valence-electron chi connectivity index (χ2n) is 4.59. The van der Waals surface area contributed by atoms with Crippen LogP contribution in [0.2, 0.25) is 10.6 Å². The van der Waals surface area contributed by atoms with E-state index in [2.05, 4.69) is 0 Å². The van der Waals surface area contributed by atoms with Gasteiger partial charge in [0.05, 0.1) is 0 Å². The molecule has 0 heterocycles. The van der Waals surface area contributed by atoms with E-state index in [1.54, 1.807) is 0 Å². The molecule has 8 heteroatoms. The predicted octanol–water partition coefficient (Wildman–Crippen LogP) is 5.61. The van der Waals surface area contributed by atoms with Gasteiger partial charge in [0.2, 0.25) is 0 Å². The highest BCUT2D eigenvalue weighted by Crippen LogP contribution is 2.76. The average molecular weight is 363 g/mol. The summed E-state index contributed by atoms with van der Waals surface area (Å²) < 4.78 is 0. The number of fused-ring (bicyclic) bond motifs is 2. The first kappa shape index (κ1) is 13.6. The van der Waals surface area contributed by atoms with Crippen molar-refractivity contribution in [1.29, 1.82) is 0 Å². The third-order valence-electron chi connectivity index (χ3n) is 3.85. The van der Waals surface area contributed by atoms with Gasteiger partial charge in [0.15, 0.2) is 0 Å². The van der Waals surface area contributed by atoms with Crippen molar-refractivity contribution >= 4 is 78.5 Å². The molecule has 2 fully saturated rings. The molecule has 0 amide bonds. The molecule has 0 spiro atoms. The monoisotopic (exact) mass is 360 g/mol.